The maximum Gasteiger partial charge on any atom is 0.264 e. The first kappa shape index (κ1) is 24.3. The van der Waals surface area contributed by atoms with Crippen LogP contribution in [0.15, 0.2) is 77.7 Å². The molecule has 174 valence electrons. The Hall–Kier alpha value is -3.32. The molecule has 0 aromatic heterocycles. The highest BCUT2D eigenvalue weighted by Crippen LogP contribution is 2.32. The highest BCUT2D eigenvalue weighted by molar-refractivity contribution is 7.92. The second-order valence-electron chi connectivity index (χ2n) is 7.88. The quantitative estimate of drug-likeness (QED) is 0.499. The summed E-state index contributed by atoms with van der Waals surface area (Å²) in [6.45, 7) is 5.46. The molecule has 0 unspecified atom stereocenters. The van der Waals surface area contributed by atoms with Gasteiger partial charge >= 0.3 is 0 Å². The largest absolute Gasteiger partial charge is 0.495 e. The van der Waals surface area contributed by atoms with Gasteiger partial charge in [0.1, 0.15) is 12.3 Å². The Bertz CT molecular complexity index is 1190. The summed E-state index contributed by atoms with van der Waals surface area (Å²) in [5.41, 5.74) is 3.41. The van der Waals surface area contributed by atoms with Crippen LogP contribution in [-0.4, -0.2) is 28.0 Å². The van der Waals surface area contributed by atoms with Gasteiger partial charge in [-0.15, -0.1) is 0 Å². The van der Waals surface area contributed by atoms with Crippen molar-refractivity contribution >= 4 is 21.6 Å². The number of anilines is 1. The third kappa shape index (κ3) is 5.73. The summed E-state index contributed by atoms with van der Waals surface area (Å²) in [6.07, 6.45) is 0.936. The maximum absolute atomic E-state index is 13.6. The van der Waals surface area contributed by atoms with Crippen LogP contribution in [-0.2, 0) is 21.2 Å². The topological polar surface area (TPSA) is 75.7 Å². The normalized spacial score (nSPS) is 12.1. The molecule has 0 saturated carbocycles. The number of hydrogen-bond acceptors (Lipinski definition) is 4. The molecule has 3 rings (SSSR count). The van der Waals surface area contributed by atoms with Crippen molar-refractivity contribution in [3.05, 3.63) is 89.5 Å². The molecule has 3 aromatic carbocycles. The fraction of sp³-hybridized carbons (Fsp3) is 0.269. The van der Waals surface area contributed by atoms with Gasteiger partial charge in [0.15, 0.2) is 0 Å². The highest BCUT2D eigenvalue weighted by Gasteiger charge is 2.29. The number of hydrogen-bond donors (Lipinski definition) is 1. The van der Waals surface area contributed by atoms with E-state index in [4.69, 9.17) is 4.74 Å². The molecule has 3 aromatic rings. The van der Waals surface area contributed by atoms with Crippen LogP contribution in [0.4, 0.5) is 5.69 Å². The van der Waals surface area contributed by atoms with Crippen molar-refractivity contribution in [2.45, 2.75) is 38.1 Å². The van der Waals surface area contributed by atoms with Crippen molar-refractivity contribution in [2.24, 2.45) is 0 Å². The van der Waals surface area contributed by atoms with E-state index in [1.165, 1.54) is 12.7 Å². The molecular weight excluding hydrogens is 436 g/mol. The second kappa shape index (κ2) is 10.5. The van der Waals surface area contributed by atoms with Gasteiger partial charge in [-0.2, -0.15) is 0 Å². The molecule has 0 saturated heterocycles. The summed E-state index contributed by atoms with van der Waals surface area (Å²) in [6, 6.07) is 21.1. The zero-order valence-corrected chi connectivity index (χ0v) is 20.2. The van der Waals surface area contributed by atoms with Gasteiger partial charge in [0.05, 0.1) is 23.7 Å². The Labute approximate surface area is 196 Å². The van der Waals surface area contributed by atoms with Crippen molar-refractivity contribution in [1.82, 2.24) is 5.32 Å². The number of benzene rings is 3. The minimum atomic E-state index is -4.02. The summed E-state index contributed by atoms with van der Waals surface area (Å²) in [4.78, 5) is 13.1. The van der Waals surface area contributed by atoms with Gasteiger partial charge in [-0.25, -0.2) is 8.42 Å². The third-order valence-electron chi connectivity index (χ3n) is 5.52. The molecule has 1 amide bonds. The minimum absolute atomic E-state index is 0.106. The van der Waals surface area contributed by atoms with Crippen LogP contribution in [0.3, 0.4) is 0 Å². The van der Waals surface area contributed by atoms with Gasteiger partial charge in [0, 0.05) is 0 Å². The lowest BCUT2D eigenvalue weighted by molar-refractivity contribution is -0.120. The van der Waals surface area contributed by atoms with Crippen molar-refractivity contribution in [2.75, 3.05) is 18.0 Å². The molecule has 0 bridgehead atoms. The van der Waals surface area contributed by atoms with E-state index in [1.807, 2.05) is 38.1 Å². The predicted molar refractivity (Wildman–Crippen MR) is 131 cm³/mol. The van der Waals surface area contributed by atoms with E-state index < -0.39 is 15.9 Å². The first-order chi connectivity index (χ1) is 15.8. The standard InChI is InChI=1S/C26H30N2O4S/c1-5-21-12-14-22(15-13-21)20(3)27-26(29)18-28(24-8-6-7-9-25(24)32-4)33(30,31)23-16-10-19(2)11-17-23/h6-17,20H,5,18H2,1-4H3,(H,27,29)/t20-/m1/s1. The average molecular weight is 467 g/mol. The SMILES string of the molecule is CCc1ccc([C@@H](C)NC(=O)CN(c2ccccc2OC)S(=O)(=O)c2ccc(C)cc2)cc1. The van der Waals surface area contributed by atoms with Crippen LogP contribution in [0, 0.1) is 6.92 Å². The average Bonchev–Trinajstić information content (AvgIpc) is 2.82. The molecule has 0 heterocycles. The molecule has 0 aliphatic rings. The van der Waals surface area contributed by atoms with Gasteiger partial charge in [-0.05, 0) is 55.7 Å². The number of methoxy groups -OCH3 is 1. The van der Waals surface area contributed by atoms with E-state index in [0.717, 1.165) is 21.9 Å². The van der Waals surface area contributed by atoms with Crippen LogP contribution >= 0.6 is 0 Å². The van der Waals surface area contributed by atoms with Gasteiger partial charge < -0.3 is 10.1 Å². The van der Waals surface area contributed by atoms with Crippen molar-refractivity contribution in [3.63, 3.8) is 0 Å². The van der Waals surface area contributed by atoms with E-state index in [0.29, 0.717) is 11.4 Å². The smallest absolute Gasteiger partial charge is 0.264 e. The number of rotatable bonds is 9. The summed E-state index contributed by atoms with van der Waals surface area (Å²) < 4.78 is 33.6. The number of nitrogens with one attached hydrogen (secondary N) is 1. The molecule has 0 aliphatic heterocycles. The fourth-order valence-corrected chi connectivity index (χ4v) is 4.95. The lowest BCUT2D eigenvalue weighted by Crippen LogP contribution is -2.41. The van der Waals surface area contributed by atoms with Crippen LogP contribution in [0.25, 0.3) is 0 Å². The predicted octanol–water partition coefficient (Wildman–Crippen LogP) is 4.64. The van der Waals surface area contributed by atoms with E-state index in [1.54, 1.807) is 48.5 Å². The molecule has 1 N–H and O–H groups in total. The zero-order chi connectivity index (χ0) is 24.0. The van der Waals surface area contributed by atoms with Crippen molar-refractivity contribution in [1.29, 1.82) is 0 Å². The van der Waals surface area contributed by atoms with Crippen LogP contribution in [0.1, 0.15) is 36.6 Å². The lowest BCUT2D eigenvalue weighted by atomic mass is 10.1. The van der Waals surface area contributed by atoms with Crippen LogP contribution in [0.2, 0.25) is 0 Å². The molecular formula is C26H30N2O4S. The minimum Gasteiger partial charge on any atom is -0.495 e. The molecule has 33 heavy (non-hydrogen) atoms. The number of carbonyl (C=O) groups excluding carboxylic acids is 1. The number of aryl methyl sites for hydroxylation is 2. The van der Waals surface area contributed by atoms with E-state index >= 15 is 0 Å². The summed E-state index contributed by atoms with van der Waals surface area (Å²) in [7, 11) is -2.55. The number of para-hydroxylation sites is 2. The molecule has 6 nitrogen and oxygen atoms in total. The number of sulfonamides is 1. The zero-order valence-electron chi connectivity index (χ0n) is 19.4. The summed E-state index contributed by atoms with van der Waals surface area (Å²) in [5, 5.41) is 2.92. The Morgan fingerprint density at radius 1 is 1.00 bits per heavy atom. The van der Waals surface area contributed by atoms with Gasteiger partial charge in [-0.1, -0.05) is 61.0 Å². The summed E-state index contributed by atoms with van der Waals surface area (Å²) in [5.74, 6) is -0.0483. The van der Waals surface area contributed by atoms with Crippen molar-refractivity contribution in [3.8, 4) is 5.75 Å². The monoisotopic (exact) mass is 466 g/mol. The number of amides is 1. The van der Waals surface area contributed by atoms with E-state index in [2.05, 4.69) is 12.2 Å². The van der Waals surface area contributed by atoms with E-state index in [-0.39, 0.29) is 17.5 Å². The van der Waals surface area contributed by atoms with Gasteiger partial charge in [0.25, 0.3) is 10.0 Å². The van der Waals surface area contributed by atoms with Gasteiger partial charge in [0.2, 0.25) is 5.91 Å². The Morgan fingerprint density at radius 2 is 1.64 bits per heavy atom. The number of ether oxygens (including phenoxy) is 1. The second-order valence-corrected chi connectivity index (χ2v) is 9.74. The van der Waals surface area contributed by atoms with Crippen molar-refractivity contribution < 1.29 is 17.9 Å². The highest BCUT2D eigenvalue weighted by atomic mass is 32.2. The molecule has 0 aliphatic carbocycles. The van der Waals surface area contributed by atoms with Gasteiger partial charge in [-0.3, -0.25) is 9.10 Å². The molecule has 0 radical (unpaired) electrons. The molecule has 7 heteroatoms. The molecule has 0 spiro atoms. The summed E-state index contributed by atoms with van der Waals surface area (Å²) >= 11 is 0. The third-order valence-corrected chi connectivity index (χ3v) is 7.29. The Morgan fingerprint density at radius 3 is 2.24 bits per heavy atom. The lowest BCUT2D eigenvalue weighted by Gasteiger charge is -2.26. The molecule has 1 atom stereocenters. The molecule has 0 fully saturated rings. The Kier molecular flexibility index (Phi) is 7.76. The first-order valence-electron chi connectivity index (χ1n) is 10.9. The van der Waals surface area contributed by atoms with Crippen LogP contribution < -0.4 is 14.4 Å². The number of carbonyl (C=O) groups is 1. The Balaban J connectivity index is 1.90. The van der Waals surface area contributed by atoms with Crippen LogP contribution in [0.5, 0.6) is 5.75 Å². The fourth-order valence-electron chi connectivity index (χ4n) is 3.52. The maximum atomic E-state index is 13.6. The van der Waals surface area contributed by atoms with E-state index in [9.17, 15) is 13.2 Å². The first-order valence-corrected chi connectivity index (χ1v) is 12.3. The number of nitrogens with zero attached hydrogens (tertiary/aromatic N) is 1.